The molecule has 0 aromatic heterocycles. The van der Waals surface area contributed by atoms with Crippen LogP contribution in [0.2, 0.25) is 25.1 Å². The Bertz CT molecular complexity index is 3280. The summed E-state index contributed by atoms with van der Waals surface area (Å²) >= 11 is 30.0. The number of ketones is 5. The standard InChI is InChI=1S/2C19H29ClN2O.2C18H27ClN2O.C16H24ClNO/c2*1-14(2)19(23)18(16-5-7-17(20)8-6-16)13-21-9-11-22(12-10-21)15(3)4;2*1-4-20-9-11-21(12-10-20)13-17(18(22)14(2)3)15-5-7-16(19)8-6-15;1-10(2)16(19)14(9-18-11(3)4)13-6-7-15(17)12(5)8-13/h2*5-8,14-15,18H,9-13H2,1-4H3;2*5-8,14,17H,4,9-13H2,1-3H3;6-8,10-11,14,18H,9H2,1-5H3/t2*18-;2*17-;14-/m10101/s1. The lowest BCUT2D eigenvalue weighted by Gasteiger charge is -2.38. The number of carbonyl (C=O) groups excluding carboxylic acids is 5. The lowest BCUT2D eigenvalue weighted by Crippen LogP contribution is -2.50. The number of piperazine rings is 4. The zero-order valence-corrected chi connectivity index (χ0v) is 73.5. The molecule has 4 heterocycles. The van der Waals surface area contributed by atoms with Crippen LogP contribution in [-0.2, 0) is 24.0 Å². The van der Waals surface area contributed by atoms with Crippen LogP contribution in [-0.4, -0.2) is 237 Å². The molecule has 19 heteroatoms. The molecule has 0 saturated carbocycles. The van der Waals surface area contributed by atoms with Gasteiger partial charge in [-0.1, -0.05) is 216 Å². The quantitative estimate of drug-likeness (QED) is 0.0469. The monoisotopic (exact) mass is 1600 g/mol. The third-order valence-electron chi connectivity index (χ3n) is 21.8. The molecule has 4 fully saturated rings. The van der Waals surface area contributed by atoms with E-state index in [0.29, 0.717) is 47.8 Å². The average molecular weight is 1600 g/mol. The Labute approximate surface area is 684 Å². The second-order valence-corrected chi connectivity index (χ2v) is 34.8. The molecule has 4 aliphatic heterocycles. The van der Waals surface area contributed by atoms with Gasteiger partial charge in [0.05, 0.1) is 29.6 Å². The van der Waals surface area contributed by atoms with E-state index in [0.717, 1.165) is 202 Å². The number of nitrogens with zero attached hydrogens (tertiary/aromatic N) is 8. The molecule has 5 aromatic rings. The number of aryl methyl sites for hydroxylation is 1. The van der Waals surface area contributed by atoms with Crippen molar-refractivity contribution in [2.24, 2.45) is 29.6 Å². The van der Waals surface area contributed by atoms with Crippen LogP contribution < -0.4 is 5.32 Å². The van der Waals surface area contributed by atoms with Gasteiger partial charge in [0.15, 0.2) is 0 Å². The smallest absolute Gasteiger partial charge is 0.144 e. The Morgan fingerprint density at radius 1 is 0.312 bits per heavy atom. The molecule has 14 nitrogen and oxygen atoms in total. The molecule has 4 aliphatic rings. The first kappa shape index (κ1) is 95.1. The number of hydrogen-bond donors (Lipinski definition) is 1. The largest absolute Gasteiger partial charge is 0.313 e. The SMILES string of the molecule is CC(C)C(=O)[C@@H](CN1CCN(C(C)C)CC1)c1ccc(Cl)cc1.CC(C)C(=O)[C@H](CN1CCN(C(C)C)CC1)c1ccc(Cl)cc1.CCN1CCN(C[C@@H](C(=O)C(C)C)c2ccc(Cl)cc2)CC1.CCN1CCN(C[C@H](C(=O)C(C)C)c2ccc(Cl)cc2)CC1.Cc1cc([C@@H](CNC(C)C)C(=O)C(C)C)ccc1Cl. The van der Waals surface area contributed by atoms with Crippen molar-refractivity contribution in [3.05, 3.63) is 174 Å². The molecule has 0 spiro atoms. The minimum absolute atomic E-state index is 0.0370. The number of carbonyl (C=O) groups is 5. The molecular formula is C90H136Cl5N9O5. The predicted octanol–water partition coefficient (Wildman–Crippen LogP) is 17.9. The third-order valence-corrected chi connectivity index (χ3v) is 23.3. The van der Waals surface area contributed by atoms with Crippen LogP contribution in [0.1, 0.15) is 188 Å². The molecule has 0 unspecified atom stereocenters. The van der Waals surface area contributed by atoms with Crippen LogP contribution in [0.4, 0.5) is 0 Å². The zero-order chi connectivity index (χ0) is 80.8. The summed E-state index contributed by atoms with van der Waals surface area (Å²) in [6.07, 6.45) is 0. The minimum Gasteiger partial charge on any atom is -0.313 e. The normalized spacial score (nSPS) is 17.6. The first-order valence-corrected chi connectivity index (χ1v) is 42.5. The number of hydrogen-bond acceptors (Lipinski definition) is 14. The highest BCUT2D eigenvalue weighted by atomic mass is 35.5. The van der Waals surface area contributed by atoms with Crippen LogP contribution in [0.5, 0.6) is 0 Å². The molecule has 0 aliphatic carbocycles. The van der Waals surface area contributed by atoms with E-state index in [1.807, 2.05) is 191 Å². The highest BCUT2D eigenvalue weighted by Gasteiger charge is 2.33. The van der Waals surface area contributed by atoms with Crippen LogP contribution in [0.15, 0.2) is 115 Å². The van der Waals surface area contributed by atoms with Crippen LogP contribution in [0.3, 0.4) is 0 Å². The van der Waals surface area contributed by atoms with Gasteiger partial charge in [0.2, 0.25) is 0 Å². The average Bonchev–Trinajstić information content (AvgIpc) is 0.859. The summed E-state index contributed by atoms with van der Waals surface area (Å²) < 4.78 is 0. The maximum absolute atomic E-state index is 12.7. The minimum atomic E-state index is -0.0987. The fraction of sp³-hybridized carbons (Fsp3) is 0.611. The Morgan fingerprint density at radius 3 is 0.743 bits per heavy atom. The fourth-order valence-electron chi connectivity index (χ4n) is 14.4. The number of rotatable bonds is 30. The Balaban J connectivity index is 0.000000244. The van der Waals surface area contributed by atoms with E-state index in [4.69, 9.17) is 58.0 Å². The van der Waals surface area contributed by atoms with Crippen molar-refractivity contribution in [1.29, 1.82) is 0 Å². The van der Waals surface area contributed by atoms with Gasteiger partial charge in [-0.3, -0.25) is 53.4 Å². The van der Waals surface area contributed by atoms with Gasteiger partial charge in [0, 0.05) is 210 Å². The van der Waals surface area contributed by atoms with Crippen molar-refractivity contribution >= 4 is 86.9 Å². The van der Waals surface area contributed by atoms with Gasteiger partial charge < -0.3 is 15.1 Å². The summed E-state index contributed by atoms with van der Waals surface area (Å²) in [5.74, 6) is 1.47. The molecule has 5 aromatic carbocycles. The molecule has 0 bridgehead atoms. The first-order valence-electron chi connectivity index (χ1n) is 40.6. The summed E-state index contributed by atoms with van der Waals surface area (Å²) in [6, 6.07) is 38.5. The van der Waals surface area contributed by atoms with Crippen molar-refractivity contribution in [2.45, 2.75) is 179 Å². The molecule has 0 amide bonds. The molecule has 1 N–H and O–H groups in total. The van der Waals surface area contributed by atoms with E-state index in [2.05, 4.69) is 99.9 Å². The maximum Gasteiger partial charge on any atom is 0.144 e. The predicted molar refractivity (Wildman–Crippen MR) is 461 cm³/mol. The summed E-state index contributed by atoms with van der Waals surface area (Å²) in [5, 5.41) is 6.98. The van der Waals surface area contributed by atoms with Gasteiger partial charge in [-0.05, 0) is 136 Å². The van der Waals surface area contributed by atoms with E-state index in [1.165, 1.54) is 0 Å². The van der Waals surface area contributed by atoms with E-state index >= 15 is 0 Å². The van der Waals surface area contributed by atoms with Gasteiger partial charge in [0.1, 0.15) is 28.9 Å². The fourth-order valence-corrected chi connectivity index (χ4v) is 15.0. The highest BCUT2D eigenvalue weighted by Crippen LogP contribution is 2.31. The van der Waals surface area contributed by atoms with E-state index in [-0.39, 0.29) is 65.0 Å². The van der Waals surface area contributed by atoms with Crippen molar-refractivity contribution in [3.63, 3.8) is 0 Å². The van der Waals surface area contributed by atoms with E-state index < -0.39 is 0 Å². The van der Waals surface area contributed by atoms with E-state index in [1.54, 1.807) is 0 Å². The van der Waals surface area contributed by atoms with Gasteiger partial charge in [-0.2, -0.15) is 0 Å². The molecule has 9 rings (SSSR count). The van der Waals surface area contributed by atoms with Gasteiger partial charge >= 0.3 is 0 Å². The number of nitrogens with one attached hydrogen (secondary N) is 1. The van der Waals surface area contributed by atoms with Crippen LogP contribution >= 0.6 is 58.0 Å². The topological polar surface area (TPSA) is 123 Å². The first-order chi connectivity index (χ1) is 51.6. The number of likely N-dealkylation sites (N-methyl/N-ethyl adjacent to an activating group) is 2. The zero-order valence-electron chi connectivity index (χ0n) is 69.7. The number of halogens is 5. The maximum atomic E-state index is 12.7. The summed E-state index contributed by atoms with van der Waals surface area (Å²) in [4.78, 5) is 82.7. The van der Waals surface area contributed by atoms with Gasteiger partial charge in [-0.15, -0.1) is 0 Å². The second-order valence-electron chi connectivity index (χ2n) is 32.7. The van der Waals surface area contributed by atoms with E-state index in [9.17, 15) is 24.0 Å². The lowest BCUT2D eigenvalue weighted by atomic mass is 9.88. The van der Waals surface area contributed by atoms with Crippen molar-refractivity contribution in [1.82, 2.24) is 44.5 Å². The molecule has 4 saturated heterocycles. The molecule has 606 valence electrons. The third kappa shape index (κ3) is 32.4. The Morgan fingerprint density at radius 2 is 0.532 bits per heavy atom. The summed E-state index contributed by atoms with van der Waals surface area (Å²) in [6.45, 7) is 62.5. The summed E-state index contributed by atoms with van der Waals surface area (Å²) in [7, 11) is 0. The van der Waals surface area contributed by atoms with Crippen molar-refractivity contribution in [3.8, 4) is 0 Å². The van der Waals surface area contributed by atoms with Gasteiger partial charge in [-0.25, -0.2) is 0 Å². The van der Waals surface area contributed by atoms with Gasteiger partial charge in [0.25, 0.3) is 0 Å². The Hall–Kier alpha value is -4.46. The van der Waals surface area contributed by atoms with Crippen LogP contribution in [0.25, 0.3) is 0 Å². The highest BCUT2D eigenvalue weighted by molar-refractivity contribution is 6.32. The number of benzene rings is 5. The lowest BCUT2D eigenvalue weighted by molar-refractivity contribution is -0.124. The van der Waals surface area contributed by atoms with Crippen LogP contribution in [0, 0.1) is 36.5 Å². The second kappa shape index (κ2) is 48.7. The van der Waals surface area contributed by atoms with Crippen molar-refractivity contribution in [2.75, 3.05) is 151 Å². The molecule has 0 radical (unpaired) electrons. The molecule has 109 heavy (non-hydrogen) atoms. The summed E-state index contributed by atoms with van der Waals surface area (Å²) in [5.41, 5.74) is 6.40. The Kier molecular flexibility index (Phi) is 42.5. The van der Waals surface area contributed by atoms with Crippen molar-refractivity contribution < 1.29 is 24.0 Å². The molecular weight excluding hydrogens is 1460 g/mol. The molecule has 5 atom stereocenters. The number of Topliss-reactive ketones (excluding diaryl/α,β-unsaturated/α-hetero) is 5.